The topological polar surface area (TPSA) is 48.1 Å². The maximum Gasteiger partial charge on any atom is 0.387 e. The Morgan fingerprint density at radius 2 is 1.76 bits per heavy atom. The Morgan fingerprint density at radius 1 is 1.00 bits per heavy atom. The van der Waals surface area contributed by atoms with Gasteiger partial charge in [0.15, 0.2) is 5.75 Å². The van der Waals surface area contributed by atoms with Crippen molar-refractivity contribution < 1.29 is 13.5 Å². The van der Waals surface area contributed by atoms with Gasteiger partial charge in [-0.15, -0.1) is 0 Å². The highest BCUT2D eigenvalue weighted by atomic mass is 19.3. The number of nitrogens with two attached hydrogens (primary N) is 1. The average molecular weight is 286 g/mol. The fraction of sp³-hybridized carbons (Fsp3) is 0.0625. The van der Waals surface area contributed by atoms with E-state index >= 15 is 0 Å². The van der Waals surface area contributed by atoms with Crippen LogP contribution >= 0.6 is 0 Å². The summed E-state index contributed by atoms with van der Waals surface area (Å²) in [5.41, 5.74) is 8.29. The largest absolute Gasteiger partial charge is 0.432 e. The minimum atomic E-state index is -2.90. The summed E-state index contributed by atoms with van der Waals surface area (Å²) >= 11 is 0. The molecule has 0 aliphatic carbocycles. The van der Waals surface area contributed by atoms with E-state index in [9.17, 15) is 8.78 Å². The highest BCUT2D eigenvalue weighted by Gasteiger charge is 2.12. The van der Waals surface area contributed by atoms with Crippen molar-refractivity contribution in [2.45, 2.75) is 6.61 Å². The van der Waals surface area contributed by atoms with Gasteiger partial charge in [0.05, 0.1) is 5.69 Å². The molecule has 5 heteroatoms. The normalized spacial score (nSPS) is 11.0. The number of alkyl halides is 2. The van der Waals surface area contributed by atoms with Crippen LogP contribution in [0.15, 0.2) is 54.6 Å². The van der Waals surface area contributed by atoms with Crippen molar-refractivity contribution in [3.8, 4) is 17.0 Å². The van der Waals surface area contributed by atoms with Crippen molar-refractivity contribution >= 4 is 16.6 Å². The summed E-state index contributed by atoms with van der Waals surface area (Å²) in [6.45, 7) is -2.90. The van der Waals surface area contributed by atoms with Crippen molar-refractivity contribution in [2.24, 2.45) is 0 Å². The van der Waals surface area contributed by atoms with E-state index in [0.717, 1.165) is 5.56 Å². The average Bonchev–Trinajstić information content (AvgIpc) is 2.48. The molecule has 0 unspecified atom stereocenters. The van der Waals surface area contributed by atoms with Crippen LogP contribution in [0.1, 0.15) is 0 Å². The lowest BCUT2D eigenvalue weighted by Gasteiger charge is -2.11. The summed E-state index contributed by atoms with van der Waals surface area (Å²) in [4.78, 5) is 4.42. The van der Waals surface area contributed by atoms with Crippen LogP contribution < -0.4 is 10.5 Å². The van der Waals surface area contributed by atoms with Crippen molar-refractivity contribution in [1.29, 1.82) is 0 Å². The van der Waals surface area contributed by atoms with Crippen molar-refractivity contribution in [3.05, 3.63) is 54.6 Å². The molecule has 1 aromatic heterocycles. The zero-order valence-electron chi connectivity index (χ0n) is 11.0. The number of aromatic nitrogens is 1. The number of hydrogen-bond donors (Lipinski definition) is 1. The summed E-state index contributed by atoms with van der Waals surface area (Å²) in [6.07, 6.45) is 0. The zero-order valence-corrected chi connectivity index (χ0v) is 11.0. The van der Waals surface area contributed by atoms with Crippen LogP contribution in [0.2, 0.25) is 0 Å². The summed E-state index contributed by atoms with van der Waals surface area (Å²) in [5.74, 6) is 0.0204. The van der Waals surface area contributed by atoms with E-state index in [0.29, 0.717) is 22.3 Å². The number of nitrogens with zero attached hydrogens (tertiary/aromatic N) is 1. The van der Waals surface area contributed by atoms with Gasteiger partial charge in [0.25, 0.3) is 0 Å². The van der Waals surface area contributed by atoms with E-state index in [4.69, 9.17) is 5.73 Å². The lowest BCUT2D eigenvalue weighted by molar-refractivity contribution is -0.0489. The number of benzene rings is 2. The van der Waals surface area contributed by atoms with E-state index in [1.807, 2.05) is 30.3 Å². The molecule has 0 amide bonds. The summed E-state index contributed by atoms with van der Waals surface area (Å²) in [5, 5.41) is 0.591. The molecule has 0 bridgehead atoms. The number of hydrogen-bond acceptors (Lipinski definition) is 3. The van der Waals surface area contributed by atoms with Crippen molar-refractivity contribution in [1.82, 2.24) is 4.98 Å². The first-order valence-electron chi connectivity index (χ1n) is 6.34. The second-order valence-electron chi connectivity index (χ2n) is 4.49. The van der Waals surface area contributed by atoms with Crippen LogP contribution in [0.3, 0.4) is 0 Å². The SMILES string of the molecule is Nc1cc(-c2ccccc2)nc2c(OC(F)F)cccc12. The Balaban J connectivity index is 2.21. The summed E-state index contributed by atoms with van der Waals surface area (Å²) in [7, 11) is 0. The molecule has 0 saturated carbocycles. The minimum Gasteiger partial charge on any atom is -0.432 e. The molecule has 0 radical (unpaired) electrons. The van der Waals surface area contributed by atoms with Gasteiger partial charge in [0.2, 0.25) is 0 Å². The maximum absolute atomic E-state index is 12.5. The summed E-state index contributed by atoms with van der Waals surface area (Å²) in [6, 6.07) is 15.9. The fourth-order valence-electron chi connectivity index (χ4n) is 2.20. The number of fused-ring (bicyclic) bond motifs is 1. The van der Waals surface area contributed by atoms with Gasteiger partial charge in [-0.05, 0) is 12.1 Å². The number of pyridine rings is 1. The van der Waals surface area contributed by atoms with E-state index in [1.165, 1.54) is 6.07 Å². The van der Waals surface area contributed by atoms with Crippen LogP contribution in [-0.2, 0) is 0 Å². The smallest absolute Gasteiger partial charge is 0.387 e. The van der Waals surface area contributed by atoms with Crippen LogP contribution in [0, 0.1) is 0 Å². The van der Waals surface area contributed by atoms with Gasteiger partial charge < -0.3 is 10.5 Å². The molecule has 3 aromatic rings. The fourth-order valence-corrected chi connectivity index (χ4v) is 2.20. The molecular formula is C16H12F2N2O. The second kappa shape index (κ2) is 5.36. The first-order chi connectivity index (χ1) is 10.1. The standard InChI is InChI=1S/C16H12F2N2O/c17-16(18)21-14-8-4-7-11-12(19)9-13(20-15(11)14)10-5-2-1-3-6-10/h1-9,16H,(H2,19,20). The van der Waals surface area contributed by atoms with E-state index < -0.39 is 6.61 Å². The van der Waals surface area contributed by atoms with Gasteiger partial charge in [-0.3, -0.25) is 0 Å². The molecule has 2 N–H and O–H groups in total. The molecule has 0 spiro atoms. The molecule has 0 aliphatic heterocycles. The molecule has 1 heterocycles. The van der Waals surface area contributed by atoms with Gasteiger partial charge >= 0.3 is 6.61 Å². The lowest BCUT2D eigenvalue weighted by atomic mass is 10.1. The number of para-hydroxylation sites is 1. The maximum atomic E-state index is 12.5. The highest BCUT2D eigenvalue weighted by Crippen LogP contribution is 2.32. The Labute approximate surface area is 120 Å². The predicted molar refractivity (Wildman–Crippen MR) is 78.2 cm³/mol. The molecule has 0 aliphatic rings. The van der Waals surface area contributed by atoms with Gasteiger partial charge in [-0.2, -0.15) is 8.78 Å². The number of rotatable bonds is 3. The lowest BCUT2D eigenvalue weighted by Crippen LogP contribution is -2.03. The molecule has 106 valence electrons. The molecule has 0 saturated heterocycles. The zero-order chi connectivity index (χ0) is 14.8. The third-order valence-electron chi connectivity index (χ3n) is 3.12. The Kier molecular flexibility index (Phi) is 3.39. The molecule has 3 nitrogen and oxygen atoms in total. The molecule has 21 heavy (non-hydrogen) atoms. The van der Waals surface area contributed by atoms with E-state index in [-0.39, 0.29) is 5.75 Å². The monoisotopic (exact) mass is 286 g/mol. The third-order valence-corrected chi connectivity index (χ3v) is 3.12. The van der Waals surface area contributed by atoms with Crippen LogP contribution in [0.25, 0.3) is 22.2 Å². The highest BCUT2D eigenvalue weighted by molar-refractivity contribution is 5.96. The van der Waals surface area contributed by atoms with E-state index in [2.05, 4.69) is 9.72 Å². The molecule has 2 aromatic carbocycles. The second-order valence-corrected chi connectivity index (χ2v) is 4.49. The number of ether oxygens (including phenoxy) is 1. The van der Waals surface area contributed by atoms with Crippen LogP contribution in [0.4, 0.5) is 14.5 Å². The summed E-state index contributed by atoms with van der Waals surface area (Å²) < 4.78 is 29.5. The van der Waals surface area contributed by atoms with Crippen molar-refractivity contribution in [2.75, 3.05) is 5.73 Å². The Bertz CT molecular complexity index is 776. The van der Waals surface area contributed by atoms with Gasteiger partial charge in [-0.1, -0.05) is 42.5 Å². The van der Waals surface area contributed by atoms with Gasteiger partial charge in [0, 0.05) is 16.6 Å². The quantitative estimate of drug-likeness (QED) is 0.789. The number of nitrogen functional groups attached to an aromatic ring is 1. The predicted octanol–water partition coefficient (Wildman–Crippen LogP) is 4.09. The van der Waals surface area contributed by atoms with E-state index in [1.54, 1.807) is 18.2 Å². The third kappa shape index (κ3) is 2.63. The molecule has 0 atom stereocenters. The van der Waals surface area contributed by atoms with Gasteiger partial charge in [-0.25, -0.2) is 4.98 Å². The van der Waals surface area contributed by atoms with Crippen LogP contribution in [-0.4, -0.2) is 11.6 Å². The van der Waals surface area contributed by atoms with Gasteiger partial charge in [0.1, 0.15) is 5.52 Å². The first kappa shape index (κ1) is 13.3. The minimum absolute atomic E-state index is 0.0204. The first-order valence-corrected chi connectivity index (χ1v) is 6.34. The molecule has 3 rings (SSSR count). The Morgan fingerprint density at radius 3 is 2.48 bits per heavy atom. The number of anilines is 1. The number of halogens is 2. The van der Waals surface area contributed by atoms with Crippen LogP contribution in [0.5, 0.6) is 5.75 Å². The Hall–Kier alpha value is -2.69. The molecular weight excluding hydrogens is 274 g/mol. The molecule has 0 fully saturated rings. The van der Waals surface area contributed by atoms with Crippen molar-refractivity contribution in [3.63, 3.8) is 0 Å².